The zero-order valence-electron chi connectivity index (χ0n) is 10.1. The van der Waals surface area contributed by atoms with Crippen LogP contribution in [-0.2, 0) is 4.74 Å². The summed E-state index contributed by atoms with van der Waals surface area (Å²) in [6.07, 6.45) is 3.17. The Morgan fingerprint density at radius 3 is 2.76 bits per heavy atom. The largest absolute Gasteiger partial charge is 0.456 e. The standard InChI is InChI=1S/C13H14N2O2/c1-13(2,3)17-12(16)9-4-5-10-7-14-8-15-11(10)6-9/h4-8H,1-3H3. The number of fused-ring (bicyclic) bond motifs is 1. The van der Waals surface area contributed by atoms with E-state index in [1.54, 1.807) is 18.3 Å². The molecule has 1 heterocycles. The molecular formula is C13H14N2O2. The maximum absolute atomic E-state index is 11.8. The van der Waals surface area contributed by atoms with Crippen molar-refractivity contribution in [3.8, 4) is 0 Å². The molecule has 0 radical (unpaired) electrons. The molecule has 0 aliphatic heterocycles. The van der Waals surface area contributed by atoms with E-state index >= 15 is 0 Å². The minimum absolute atomic E-state index is 0.335. The third-order valence-electron chi connectivity index (χ3n) is 2.14. The van der Waals surface area contributed by atoms with E-state index in [1.165, 1.54) is 6.33 Å². The fourth-order valence-corrected chi connectivity index (χ4v) is 1.44. The summed E-state index contributed by atoms with van der Waals surface area (Å²) in [5, 5.41) is 0.903. The smallest absolute Gasteiger partial charge is 0.338 e. The first kappa shape index (κ1) is 11.5. The average molecular weight is 230 g/mol. The number of rotatable bonds is 1. The van der Waals surface area contributed by atoms with Gasteiger partial charge in [-0.2, -0.15) is 0 Å². The number of hydrogen-bond donors (Lipinski definition) is 0. The van der Waals surface area contributed by atoms with Crippen LogP contribution in [0.1, 0.15) is 31.1 Å². The van der Waals surface area contributed by atoms with Gasteiger partial charge in [-0.05, 0) is 32.9 Å². The van der Waals surface area contributed by atoms with Crippen LogP contribution in [0.25, 0.3) is 10.9 Å². The Bertz CT molecular complexity index is 559. The van der Waals surface area contributed by atoms with E-state index in [0.717, 1.165) is 10.9 Å². The highest BCUT2D eigenvalue weighted by Gasteiger charge is 2.17. The highest BCUT2D eigenvalue weighted by molar-refractivity contribution is 5.94. The molecule has 4 heteroatoms. The lowest BCUT2D eigenvalue weighted by Gasteiger charge is -2.19. The normalized spacial score (nSPS) is 11.5. The molecule has 0 N–H and O–H groups in total. The Hall–Kier alpha value is -1.97. The fourth-order valence-electron chi connectivity index (χ4n) is 1.44. The number of hydrogen-bond acceptors (Lipinski definition) is 4. The van der Waals surface area contributed by atoms with Gasteiger partial charge in [-0.25, -0.2) is 14.8 Å². The Kier molecular flexibility index (Phi) is 2.79. The van der Waals surface area contributed by atoms with Crippen LogP contribution >= 0.6 is 0 Å². The maximum atomic E-state index is 11.8. The van der Waals surface area contributed by atoms with Crippen LogP contribution in [0.3, 0.4) is 0 Å². The van der Waals surface area contributed by atoms with Crippen LogP contribution in [0, 0.1) is 0 Å². The van der Waals surface area contributed by atoms with Gasteiger partial charge in [0.05, 0.1) is 11.1 Å². The van der Waals surface area contributed by atoms with Crippen LogP contribution in [0.4, 0.5) is 0 Å². The van der Waals surface area contributed by atoms with E-state index in [4.69, 9.17) is 4.74 Å². The summed E-state index contributed by atoms with van der Waals surface area (Å²) in [7, 11) is 0. The molecule has 0 saturated heterocycles. The van der Waals surface area contributed by atoms with Gasteiger partial charge < -0.3 is 4.74 Å². The van der Waals surface area contributed by atoms with Crippen molar-refractivity contribution in [1.29, 1.82) is 0 Å². The van der Waals surface area contributed by atoms with Gasteiger partial charge >= 0.3 is 5.97 Å². The number of carbonyl (C=O) groups excluding carboxylic acids is 1. The third-order valence-corrected chi connectivity index (χ3v) is 2.14. The molecule has 0 fully saturated rings. The number of benzene rings is 1. The van der Waals surface area contributed by atoms with Crippen LogP contribution < -0.4 is 0 Å². The summed E-state index contributed by atoms with van der Waals surface area (Å²) < 4.78 is 5.29. The van der Waals surface area contributed by atoms with Crippen molar-refractivity contribution in [2.45, 2.75) is 26.4 Å². The Labute approximate surface area is 99.7 Å². The fraction of sp³-hybridized carbons (Fsp3) is 0.308. The summed E-state index contributed by atoms with van der Waals surface area (Å²) in [5.74, 6) is -0.335. The number of aromatic nitrogens is 2. The summed E-state index contributed by atoms with van der Waals surface area (Å²) in [5.41, 5.74) is 0.757. The van der Waals surface area contributed by atoms with Gasteiger partial charge in [-0.15, -0.1) is 0 Å². The summed E-state index contributed by atoms with van der Waals surface area (Å²) >= 11 is 0. The molecule has 0 unspecified atom stereocenters. The number of nitrogens with zero attached hydrogens (tertiary/aromatic N) is 2. The van der Waals surface area contributed by atoms with Crippen molar-refractivity contribution >= 4 is 16.9 Å². The van der Waals surface area contributed by atoms with Crippen LogP contribution in [0.5, 0.6) is 0 Å². The molecule has 0 spiro atoms. The van der Waals surface area contributed by atoms with Crippen molar-refractivity contribution < 1.29 is 9.53 Å². The molecule has 4 nitrogen and oxygen atoms in total. The van der Waals surface area contributed by atoms with Crippen molar-refractivity contribution in [1.82, 2.24) is 9.97 Å². The van der Waals surface area contributed by atoms with Crippen LogP contribution in [0.15, 0.2) is 30.7 Å². The second-order valence-electron chi connectivity index (χ2n) is 4.80. The Morgan fingerprint density at radius 1 is 1.29 bits per heavy atom. The maximum Gasteiger partial charge on any atom is 0.338 e. The Morgan fingerprint density at radius 2 is 2.06 bits per heavy atom. The minimum Gasteiger partial charge on any atom is -0.456 e. The zero-order chi connectivity index (χ0) is 12.5. The molecule has 1 aromatic heterocycles. The number of carbonyl (C=O) groups is 1. The number of esters is 1. The van der Waals surface area contributed by atoms with Crippen molar-refractivity contribution in [3.05, 3.63) is 36.3 Å². The lowest BCUT2D eigenvalue weighted by Crippen LogP contribution is -2.23. The van der Waals surface area contributed by atoms with Gasteiger partial charge in [0, 0.05) is 11.6 Å². The number of ether oxygens (including phenoxy) is 1. The predicted molar refractivity (Wildman–Crippen MR) is 64.7 cm³/mol. The molecule has 2 aromatic rings. The van der Waals surface area contributed by atoms with E-state index in [-0.39, 0.29) is 5.97 Å². The molecule has 1 aromatic carbocycles. The SMILES string of the molecule is CC(C)(C)OC(=O)c1ccc2cncnc2c1. The molecule has 2 rings (SSSR count). The Balaban J connectivity index is 2.33. The third kappa shape index (κ3) is 2.78. The second-order valence-corrected chi connectivity index (χ2v) is 4.80. The molecule has 0 amide bonds. The lowest BCUT2D eigenvalue weighted by atomic mass is 10.1. The van der Waals surface area contributed by atoms with E-state index in [2.05, 4.69) is 9.97 Å². The highest BCUT2D eigenvalue weighted by Crippen LogP contribution is 2.16. The van der Waals surface area contributed by atoms with Gasteiger partial charge in [0.15, 0.2) is 0 Å². The summed E-state index contributed by atoms with van der Waals surface area (Å²) in [6.45, 7) is 5.52. The van der Waals surface area contributed by atoms with Crippen molar-refractivity contribution in [2.24, 2.45) is 0 Å². The van der Waals surface area contributed by atoms with Crippen LogP contribution in [0.2, 0.25) is 0 Å². The van der Waals surface area contributed by atoms with Gasteiger partial charge in [0.25, 0.3) is 0 Å². The first-order valence-corrected chi connectivity index (χ1v) is 5.39. The topological polar surface area (TPSA) is 52.1 Å². The molecular weight excluding hydrogens is 216 g/mol. The van der Waals surface area contributed by atoms with Gasteiger partial charge in [0.1, 0.15) is 11.9 Å². The molecule has 0 bridgehead atoms. The summed E-state index contributed by atoms with van der Waals surface area (Å²) in [6, 6.07) is 5.25. The van der Waals surface area contributed by atoms with Crippen LogP contribution in [-0.4, -0.2) is 21.5 Å². The molecule has 0 aliphatic rings. The average Bonchev–Trinajstić information content (AvgIpc) is 2.26. The first-order valence-electron chi connectivity index (χ1n) is 5.39. The minimum atomic E-state index is -0.488. The van der Waals surface area contributed by atoms with Gasteiger partial charge in [-0.1, -0.05) is 6.07 Å². The monoisotopic (exact) mass is 230 g/mol. The molecule has 0 aliphatic carbocycles. The predicted octanol–water partition coefficient (Wildman–Crippen LogP) is 2.59. The highest BCUT2D eigenvalue weighted by atomic mass is 16.6. The molecule has 0 atom stereocenters. The molecule has 88 valence electrons. The first-order chi connectivity index (χ1) is 7.96. The summed E-state index contributed by atoms with van der Waals surface area (Å²) in [4.78, 5) is 19.9. The van der Waals surface area contributed by atoms with E-state index in [1.807, 2.05) is 26.8 Å². The van der Waals surface area contributed by atoms with Crippen molar-refractivity contribution in [3.63, 3.8) is 0 Å². The van der Waals surface area contributed by atoms with E-state index in [9.17, 15) is 4.79 Å². The van der Waals surface area contributed by atoms with E-state index < -0.39 is 5.60 Å². The van der Waals surface area contributed by atoms with Crippen molar-refractivity contribution in [2.75, 3.05) is 0 Å². The second kappa shape index (κ2) is 4.13. The van der Waals surface area contributed by atoms with E-state index in [0.29, 0.717) is 5.56 Å². The molecule has 17 heavy (non-hydrogen) atoms. The van der Waals surface area contributed by atoms with Gasteiger partial charge in [0.2, 0.25) is 0 Å². The quantitative estimate of drug-likeness (QED) is 0.706. The molecule has 0 saturated carbocycles. The lowest BCUT2D eigenvalue weighted by molar-refractivity contribution is 0.00697. The zero-order valence-corrected chi connectivity index (χ0v) is 10.1. The van der Waals surface area contributed by atoms with Gasteiger partial charge in [-0.3, -0.25) is 0 Å².